The predicted molar refractivity (Wildman–Crippen MR) is 264 cm³/mol. The van der Waals surface area contributed by atoms with Gasteiger partial charge in [0.15, 0.2) is 12.2 Å². The summed E-state index contributed by atoms with van der Waals surface area (Å²) in [4.78, 5) is 26.9. The highest BCUT2D eigenvalue weighted by Crippen LogP contribution is 2.20. The molecule has 0 heterocycles. The molecular weight excluding hydrogens is 883 g/mol. The predicted octanol–water partition coefficient (Wildman–Crippen LogP) is 10.4. The third kappa shape index (κ3) is 37.9. The van der Waals surface area contributed by atoms with E-state index in [1.54, 1.807) is 0 Å². The van der Waals surface area contributed by atoms with E-state index in [4.69, 9.17) is 9.47 Å². The van der Waals surface area contributed by atoms with Crippen LogP contribution in [0, 0.1) is 0 Å². The van der Waals surface area contributed by atoms with E-state index >= 15 is 0 Å². The molecule has 0 aliphatic heterocycles. The number of carbonyl (C=O) groups excluding carboxylic acids is 2. The van der Waals surface area contributed by atoms with E-state index in [2.05, 4.69) is 38.2 Å². The van der Waals surface area contributed by atoms with Crippen LogP contribution in [-0.2, 0) is 19.1 Å². The Hall–Kier alpha value is -1.09. The molecule has 0 aliphatic carbocycles. The fraction of sp³-hybridized carbons (Fsp3) is 0.880. The first kappa shape index (κ1) is 62.0. The Bertz CT molecular complexity index is 953. The molecule has 0 amide bonds. The minimum absolute atomic E-state index is 0. The van der Waals surface area contributed by atoms with Gasteiger partial charge in [-0.1, -0.05) is 141 Å². The number of unbranched alkanes of at least 4 members (excludes halogenated alkanes) is 22. The van der Waals surface area contributed by atoms with Crippen molar-refractivity contribution in [1.82, 2.24) is 0 Å². The van der Waals surface area contributed by atoms with Crippen LogP contribution in [0.5, 0.6) is 0 Å². The van der Waals surface area contributed by atoms with E-state index in [0.29, 0.717) is 39.0 Å². The van der Waals surface area contributed by atoms with Crippen LogP contribution in [0.15, 0.2) is 24.3 Å². The number of carbonyl (C=O) groups is 2. The summed E-state index contributed by atoms with van der Waals surface area (Å²) >= 11 is 0. The molecule has 0 aromatic rings. The number of aliphatic hydroxyl groups excluding tert-OH is 4. The number of ether oxygens (including phenoxy) is 2. The number of halogens is 1. The molecular formula is C50H99IN2O8+2. The molecule has 0 spiro atoms. The molecule has 4 N–H and O–H groups in total. The molecule has 362 valence electrons. The molecule has 0 aromatic heterocycles. The van der Waals surface area contributed by atoms with Gasteiger partial charge < -0.3 is 38.9 Å². The molecule has 0 aliphatic rings. The second kappa shape index (κ2) is 44.1. The number of esters is 2. The van der Waals surface area contributed by atoms with Crippen molar-refractivity contribution in [2.45, 2.75) is 206 Å². The van der Waals surface area contributed by atoms with Gasteiger partial charge in [0.2, 0.25) is 0 Å². The molecule has 0 fully saturated rings. The third-order valence-electron chi connectivity index (χ3n) is 12.1. The van der Waals surface area contributed by atoms with Gasteiger partial charge in [-0.15, -0.1) is 24.0 Å². The summed E-state index contributed by atoms with van der Waals surface area (Å²) in [7, 11) is 3.80. The smallest absolute Gasteiger partial charge is 0.306 e. The molecule has 61 heavy (non-hydrogen) atoms. The highest BCUT2D eigenvalue weighted by Gasteiger charge is 2.41. The fourth-order valence-electron chi connectivity index (χ4n) is 8.02. The SMILES string of the molecule is CCCCCCCCC=CCCCCCCCC(=O)OC(C[N+](C)(CCO)CCO)C(C[N+](C)(CCO)CCO)OC(=O)CCCCCCCC=CCCCCCCCC.I. The molecule has 0 bridgehead atoms. The van der Waals surface area contributed by atoms with Crippen molar-refractivity contribution in [3.63, 3.8) is 0 Å². The molecule has 10 nitrogen and oxygen atoms in total. The second-order valence-electron chi connectivity index (χ2n) is 18.1. The number of quaternary nitrogens is 2. The van der Waals surface area contributed by atoms with Crippen LogP contribution in [0.25, 0.3) is 0 Å². The van der Waals surface area contributed by atoms with Crippen molar-refractivity contribution in [3.05, 3.63) is 24.3 Å². The number of rotatable bonds is 45. The lowest BCUT2D eigenvalue weighted by atomic mass is 10.1. The van der Waals surface area contributed by atoms with Crippen molar-refractivity contribution in [3.8, 4) is 0 Å². The number of nitrogens with zero attached hydrogens (tertiary/aromatic N) is 2. The Labute approximate surface area is 392 Å². The maximum absolute atomic E-state index is 13.5. The summed E-state index contributed by atoms with van der Waals surface area (Å²) in [5, 5.41) is 39.8. The lowest BCUT2D eigenvalue weighted by Gasteiger charge is -2.41. The average molecular weight is 983 g/mol. The molecule has 2 atom stereocenters. The van der Waals surface area contributed by atoms with E-state index in [1.165, 1.54) is 89.9 Å². The Balaban J connectivity index is 0. The summed E-state index contributed by atoms with van der Waals surface area (Å²) in [6.45, 7) is 5.84. The zero-order chi connectivity index (χ0) is 44.4. The number of hydrogen-bond acceptors (Lipinski definition) is 8. The Morgan fingerprint density at radius 3 is 0.934 bits per heavy atom. The molecule has 11 heteroatoms. The molecule has 0 aromatic carbocycles. The summed E-state index contributed by atoms with van der Waals surface area (Å²) in [5.74, 6) is -0.706. The largest absolute Gasteiger partial charge is 0.452 e. The minimum atomic E-state index is -0.836. The number of likely N-dealkylation sites (N-methyl/N-ethyl adjacent to an activating group) is 2. The molecule has 2 unspecified atom stereocenters. The fourth-order valence-corrected chi connectivity index (χ4v) is 8.02. The Morgan fingerprint density at radius 1 is 0.426 bits per heavy atom. The molecule has 0 rings (SSSR count). The normalized spacial score (nSPS) is 13.2. The van der Waals surface area contributed by atoms with E-state index < -0.39 is 12.2 Å². The van der Waals surface area contributed by atoms with E-state index in [0.717, 1.165) is 64.2 Å². The van der Waals surface area contributed by atoms with Crippen LogP contribution in [0.4, 0.5) is 0 Å². The van der Waals surface area contributed by atoms with E-state index in [9.17, 15) is 30.0 Å². The number of allylic oxidation sites excluding steroid dienone is 4. The highest BCUT2D eigenvalue weighted by atomic mass is 127. The van der Waals surface area contributed by atoms with Crippen LogP contribution in [0.2, 0.25) is 0 Å². The zero-order valence-corrected chi connectivity index (χ0v) is 42.4. The quantitative estimate of drug-likeness (QED) is 0.0156. The van der Waals surface area contributed by atoms with Crippen LogP contribution >= 0.6 is 24.0 Å². The molecule has 0 saturated heterocycles. The topological polar surface area (TPSA) is 134 Å². The first-order valence-corrected chi connectivity index (χ1v) is 24.9. The van der Waals surface area contributed by atoms with E-state index in [-0.39, 0.29) is 97.2 Å². The van der Waals surface area contributed by atoms with Crippen LogP contribution in [0.1, 0.15) is 194 Å². The first-order chi connectivity index (χ1) is 29.1. The maximum Gasteiger partial charge on any atom is 0.306 e. The van der Waals surface area contributed by atoms with Crippen molar-refractivity contribution < 1.29 is 48.5 Å². The van der Waals surface area contributed by atoms with Gasteiger partial charge in [0.25, 0.3) is 0 Å². The monoisotopic (exact) mass is 983 g/mol. The number of aliphatic hydroxyl groups is 4. The maximum atomic E-state index is 13.5. The summed E-state index contributed by atoms with van der Waals surface area (Å²) < 4.78 is 12.9. The van der Waals surface area contributed by atoms with Crippen molar-refractivity contribution >= 4 is 35.9 Å². The van der Waals surface area contributed by atoms with Crippen molar-refractivity contribution in [2.24, 2.45) is 0 Å². The van der Waals surface area contributed by atoms with Gasteiger partial charge in [0.05, 0.1) is 40.5 Å². The van der Waals surface area contributed by atoms with Crippen molar-refractivity contribution in [1.29, 1.82) is 0 Å². The number of hydrogen-bond donors (Lipinski definition) is 4. The lowest BCUT2D eigenvalue weighted by Crippen LogP contribution is -2.60. The highest BCUT2D eigenvalue weighted by molar-refractivity contribution is 14.0. The Morgan fingerprint density at radius 2 is 0.672 bits per heavy atom. The van der Waals surface area contributed by atoms with Crippen LogP contribution < -0.4 is 0 Å². The van der Waals surface area contributed by atoms with Gasteiger partial charge in [0, 0.05) is 12.8 Å². The summed E-state index contributed by atoms with van der Waals surface area (Å²) in [6, 6.07) is 0. The first-order valence-electron chi connectivity index (χ1n) is 24.9. The van der Waals surface area contributed by atoms with Gasteiger partial charge >= 0.3 is 11.9 Å². The zero-order valence-electron chi connectivity index (χ0n) is 40.1. The summed E-state index contributed by atoms with van der Waals surface area (Å²) in [5.41, 5.74) is 0. The van der Waals surface area contributed by atoms with Gasteiger partial charge in [-0.05, 0) is 64.2 Å². The van der Waals surface area contributed by atoms with Gasteiger partial charge in [-0.25, -0.2) is 0 Å². The Kier molecular flexibility index (Phi) is 44.8. The average Bonchev–Trinajstić information content (AvgIpc) is 3.20. The lowest BCUT2D eigenvalue weighted by molar-refractivity contribution is -0.920. The molecule has 0 saturated carbocycles. The third-order valence-corrected chi connectivity index (χ3v) is 12.1. The van der Waals surface area contributed by atoms with Crippen LogP contribution in [-0.4, -0.2) is 133 Å². The van der Waals surface area contributed by atoms with E-state index in [1.807, 2.05) is 14.1 Å². The van der Waals surface area contributed by atoms with Gasteiger partial charge in [-0.3, -0.25) is 9.59 Å². The second-order valence-corrected chi connectivity index (χ2v) is 18.1. The van der Waals surface area contributed by atoms with Gasteiger partial charge in [-0.2, -0.15) is 0 Å². The van der Waals surface area contributed by atoms with Crippen molar-refractivity contribution in [2.75, 3.05) is 79.8 Å². The molecule has 0 radical (unpaired) electrons. The van der Waals surface area contributed by atoms with Crippen LogP contribution in [0.3, 0.4) is 0 Å². The standard InChI is InChI=1S/C50H98N2O8.HI/c1-5-7-9-11-13-15-17-19-21-23-25-27-29-31-33-35-49(57)59-47(45-51(3,37-41-53)38-42-54)48(46-52(4,39-43-55)40-44-56)60-50(58)36-34-32-30-28-26-24-22-20-18-16-14-12-10-8-6-2;/h19-22,47-48,53-56H,5-18,23-46H2,1-4H3;1H/q+2;. The van der Waals surface area contributed by atoms with Gasteiger partial charge in [0.1, 0.15) is 39.3 Å². The minimum Gasteiger partial charge on any atom is -0.452 e. The summed E-state index contributed by atoms with van der Waals surface area (Å²) in [6.07, 6.45) is 38.5.